The van der Waals surface area contributed by atoms with Gasteiger partial charge >= 0.3 is 11.9 Å². The van der Waals surface area contributed by atoms with Gasteiger partial charge < -0.3 is 15.7 Å². The maximum absolute atomic E-state index is 9.81. The molecule has 0 unspecified atom stereocenters. The lowest BCUT2D eigenvalue weighted by Gasteiger charge is -1.87. The first-order valence-electron chi connectivity index (χ1n) is 1.82. The average Bonchev–Trinajstić information content (AvgIpc) is 1.27. The van der Waals surface area contributed by atoms with E-state index in [0.717, 1.165) is 0 Å². The topological polar surface area (TPSA) is 106 Å². The van der Waals surface area contributed by atoms with E-state index >= 15 is 0 Å². The van der Waals surface area contributed by atoms with Gasteiger partial charge in [0.15, 0.2) is 0 Å². The molecule has 0 bridgehead atoms. The van der Waals surface area contributed by atoms with Crippen LogP contribution in [-0.2, 0) is 14.3 Å². The summed E-state index contributed by atoms with van der Waals surface area (Å²) < 4.78 is 3.97. The van der Waals surface area contributed by atoms with E-state index in [1.165, 1.54) is 13.8 Å². The fourth-order valence-electron chi connectivity index (χ4n) is 0.202. The van der Waals surface area contributed by atoms with Crippen molar-refractivity contribution in [1.82, 2.24) is 0 Å². The van der Waals surface area contributed by atoms with Crippen molar-refractivity contribution in [2.24, 2.45) is 0 Å². The number of carbonyl (C=O) groups is 2. The first-order valence-corrected chi connectivity index (χ1v) is 1.82. The third-order valence-corrected chi connectivity index (χ3v) is 0.287. The van der Waals surface area contributed by atoms with Gasteiger partial charge in [-0.2, -0.15) is 0 Å². The van der Waals surface area contributed by atoms with Gasteiger partial charge in [-0.15, -0.1) is 0 Å². The SMILES string of the molecule is CC(=O)OC(C)=O.O.O. The second-order valence-corrected chi connectivity index (χ2v) is 1.09. The summed E-state index contributed by atoms with van der Waals surface area (Å²) in [6.07, 6.45) is 0. The van der Waals surface area contributed by atoms with Crippen LogP contribution in [0.4, 0.5) is 0 Å². The molecule has 0 aromatic rings. The van der Waals surface area contributed by atoms with Crippen LogP contribution in [0, 0.1) is 0 Å². The Kier molecular flexibility index (Phi) is 12.3. The predicted octanol–water partition coefficient (Wildman–Crippen LogP) is -1.55. The minimum atomic E-state index is -0.562. The van der Waals surface area contributed by atoms with E-state index < -0.39 is 11.9 Å². The molecule has 56 valence electrons. The van der Waals surface area contributed by atoms with Gasteiger partial charge in [0.1, 0.15) is 0 Å². The quantitative estimate of drug-likeness (QED) is 0.298. The lowest BCUT2D eigenvalue weighted by atomic mass is 10.7. The predicted molar refractivity (Wildman–Crippen MR) is 29.7 cm³/mol. The molecule has 4 N–H and O–H groups in total. The Morgan fingerprint density at radius 3 is 1.22 bits per heavy atom. The molecule has 0 aliphatic heterocycles. The van der Waals surface area contributed by atoms with Gasteiger partial charge in [-0.05, 0) is 0 Å². The summed E-state index contributed by atoms with van der Waals surface area (Å²) in [5.74, 6) is -1.12. The van der Waals surface area contributed by atoms with Crippen molar-refractivity contribution < 1.29 is 25.3 Å². The highest BCUT2D eigenvalue weighted by Gasteiger charge is 1.93. The molecule has 0 aromatic heterocycles. The van der Waals surface area contributed by atoms with Crippen LogP contribution in [-0.4, -0.2) is 22.9 Å². The number of hydrogen-bond acceptors (Lipinski definition) is 3. The zero-order valence-corrected chi connectivity index (χ0v) is 5.22. The maximum Gasteiger partial charge on any atom is 0.310 e. The molecule has 0 spiro atoms. The molecule has 0 rings (SSSR count). The van der Waals surface area contributed by atoms with E-state index in [1.54, 1.807) is 0 Å². The van der Waals surface area contributed by atoms with Crippen molar-refractivity contribution in [3.05, 3.63) is 0 Å². The van der Waals surface area contributed by atoms with E-state index in [4.69, 9.17) is 0 Å². The Labute approximate surface area is 52.2 Å². The zero-order chi connectivity index (χ0) is 5.86. The van der Waals surface area contributed by atoms with E-state index in [-0.39, 0.29) is 11.0 Å². The lowest BCUT2D eigenvalue weighted by molar-refractivity contribution is -0.156. The second-order valence-electron chi connectivity index (χ2n) is 1.09. The van der Waals surface area contributed by atoms with Gasteiger partial charge in [-0.25, -0.2) is 0 Å². The van der Waals surface area contributed by atoms with Gasteiger partial charge in [0, 0.05) is 13.8 Å². The summed E-state index contributed by atoms with van der Waals surface area (Å²) in [5.41, 5.74) is 0. The summed E-state index contributed by atoms with van der Waals surface area (Å²) in [4.78, 5) is 19.6. The smallest absolute Gasteiger partial charge is 0.310 e. The van der Waals surface area contributed by atoms with Crippen LogP contribution in [0.3, 0.4) is 0 Å². The molecule has 0 amide bonds. The molecular formula is C4H10O5. The van der Waals surface area contributed by atoms with E-state index in [0.29, 0.717) is 0 Å². The van der Waals surface area contributed by atoms with Crippen LogP contribution in [0.5, 0.6) is 0 Å². The summed E-state index contributed by atoms with van der Waals surface area (Å²) in [6.45, 7) is 2.36. The molecular weight excluding hydrogens is 128 g/mol. The minimum absolute atomic E-state index is 0. The first kappa shape index (κ1) is 15.7. The molecule has 0 radical (unpaired) electrons. The largest absolute Gasteiger partial charge is 0.412 e. The molecule has 0 heterocycles. The molecule has 0 saturated heterocycles. The Morgan fingerprint density at radius 1 is 1.00 bits per heavy atom. The van der Waals surface area contributed by atoms with E-state index in [9.17, 15) is 9.59 Å². The van der Waals surface area contributed by atoms with Crippen LogP contribution < -0.4 is 0 Å². The fraction of sp³-hybridized carbons (Fsp3) is 0.500. The monoisotopic (exact) mass is 138 g/mol. The van der Waals surface area contributed by atoms with Crippen molar-refractivity contribution in [2.45, 2.75) is 13.8 Å². The minimum Gasteiger partial charge on any atom is -0.412 e. The standard InChI is InChI=1S/C4H6O3.2H2O/c1-3(5)7-4(2)6;;/h1-2H3;2*1H2. The molecule has 0 fully saturated rings. The highest BCUT2D eigenvalue weighted by atomic mass is 16.6. The van der Waals surface area contributed by atoms with Crippen molar-refractivity contribution in [2.75, 3.05) is 0 Å². The van der Waals surface area contributed by atoms with Crippen molar-refractivity contribution in [1.29, 1.82) is 0 Å². The van der Waals surface area contributed by atoms with Gasteiger partial charge in [0.05, 0.1) is 0 Å². The molecule has 5 nitrogen and oxygen atoms in total. The summed E-state index contributed by atoms with van der Waals surface area (Å²) in [7, 11) is 0. The van der Waals surface area contributed by atoms with Crippen molar-refractivity contribution in [3.63, 3.8) is 0 Å². The second kappa shape index (κ2) is 7.06. The molecule has 5 heteroatoms. The Bertz CT molecular complexity index is 85.1. The summed E-state index contributed by atoms with van der Waals surface area (Å²) in [5, 5.41) is 0. The number of carbonyl (C=O) groups excluding carboxylic acids is 2. The van der Waals surface area contributed by atoms with Crippen molar-refractivity contribution in [3.8, 4) is 0 Å². The normalized spacial score (nSPS) is 6.00. The van der Waals surface area contributed by atoms with Gasteiger partial charge in [0.25, 0.3) is 0 Å². The molecule has 0 aromatic carbocycles. The van der Waals surface area contributed by atoms with Crippen LogP contribution >= 0.6 is 0 Å². The van der Waals surface area contributed by atoms with Gasteiger partial charge in [-0.3, -0.25) is 9.59 Å². The van der Waals surface area contributed by atoms with Crippen LogP contribution in [0.1, 0.15) is 13.8 Å². The molecule has 0 atom stereocenters. The van der Waals surface area contributed by atoms with E-state index in [1.807, 2.05) is 0 Å². The highest BCUT2D eigenvalue weighted by molar-refractivity contribution is 5.82. The summed E-state index contributed by atoms with van der Waals surface area (Å²) >= 11 is 0. The summed E-state index contributed by atoms with van der Waals surface area (Å²) in [6, 6.07) is 0. The van der Waals surface area contributed by atoms with Crippen LogP contribution in [0.15, 0.2) is 0 Å². The first-order chi connectivity index (χ1) is 3.13. The Morgan fingerprint density at radius 2 is 1.22 bits per heavy atom. The molecule has 9 heavy (non-hydrogen) atoms. The number of rotatable bonds is 0. The maximum atomic E-state index is 9.81. The molecule has 0 saturated carbocycles. The highest BCUT2D eigenvalue weighted by Crippen LogP contribution is 1.73. The third kappa shape index (κ3) is 19.3. The third-order valence-electron chi connectivity index (χ3n) is 0.287. The Hall–Kier alpha value is -0.940. The number of esters is 2. The van der Waals surface area contributed by atoms with Crippen LogP contribution in [0.25, 0.3) is 0 Å². The molecule has 0 aliphatic carbocycles. The van der Waals surface area contributed by atoms with Gasteiger partial charge in [0.2, 0.25) is 0 Å². The van der Waals surface area contributed by atoms with Gasteiger partial charge in [-0.1, -0.05) is 0 Å². The fourth-order valence-corrected chi connectivity index (χ4v) is 0.202. The Balaban J connectivity index is -0.000000180. The lowest BCUT2D eigenvalue weighted by Crippen LogP contribution is -2.03. The average molecular weight is 138 g/mol. The van der Waals surface area contributed by atoms with E-state index in [2.05, 4.69) is 4.74 Å². The molecule has 0 aliphatic rings. The van der Waals surface area contributed by atoms with Crippen molar-refractivity contribution >= 4 is 11.9 Å². The number of ether oxygens (including phenoxy) is 1. The number of hydrogen-bond donors (Lipinski definition) is 0. The van der Waals surface area contributed by atoms with Crippen LogP contribution in [0.2, 0.25) is 0 Å². The zero-order valence-electron chi connectivity index (χ0n) is 5.22.